The van der Waals surface area contributed by atoms with Gasteiger partial charge in [-0.25, -0.2) is 0 Å². The van der Waals surface area contributed by atoms with Crippen molar-refractivity contribution in [2.45, 2.75) is 26.0 Å². The van der Waals surface area contributed by atoms with Gasteiger partial charge in [-0.1, -0.05) is 6.07 Å². The van der Waals surface area contributed by atoms with Crippen LogP contribution in [0.5, 0.6) is 0 Å². The molecule has 1 aromatic rings. The fraction of sp³-hybridized carbons (Fsp3) is 0.583. The van der Waals surface area contributed by atoms with Crippen LogP contribution in [0.25, 0.3) is 0 Å². The van der Waals surface area contributed by atoms with E-state index in [1.54, 1.807) is 6.20 Å². The van der Waals surface area contributed by atoms with Crippen molar-refractivity contribution in [3.63, 3.8) is 0 Å². The van der Waals surface area contributed by atoms with E-state index in [4.69, 9.17) is 4.74 Å². The number of hydrogen-bond acceptors (Lipinski definition) is 4. The molecule has 16 heavy (non-hydrogen) atoms. The van der Waals surface area contributed by atoms with E-state index < -0.39 is 6.10 Å². The average molecular weight is 224 g/mol. The predicted octanol–water partition coefficient (Wildman–Crippen LogP) is 1.13. The third-order valence-electron chi connectivity index (χ3n) is 2.31. The molecule has 0 amide bonds. The summed E-state index contributed by atoms with van der Waals surface area (Å²) in [5.74, 6) is 0. The Hall–Kier alpha value is -0.970. The molecule has 4 heteroatoms. The van der Waals surface area contributed by atoms with Crippen molar-refractivity contribution >= 4 is 0 Å². The first kappa shape index (κ1) is 13.1. The lowest BCUT2D eigenvalue weighted by Gasteiger charge is -2.16. The first-order chi connectivity index (χ1) is 7.74. The van der Waals surface area contributed by atoms with Crippen molar-refractivity contribution in [3.8, 4) is 0 Å². The highest BCUT2D eigenvalue weighted by atomic mass is 16.5. The molecule has 0 fully saturated rings. The molecule has 1 aromatic heterocycles. The van der Waals surface area contributed by atoms with Gasteiger partial charge in [-0.3, -0.25) is 4.98 Å². The predicted molar refractivity (Wildman–Crippen MR) is 63.2 cm³/mol. The summed E-state index contributed by atoms with van der Waals surface area (Å²) >= 11 is 0. The number of nitrogens with one attached hydrogen (secondary N) is 1. The highest BCUT2D eigenvalue weighted by molar-refractivity contribution is 5.07. The molecule has 2 N–H and O–H groups in total. The molecule has 1 unspecified atom stereocenters. The number of aliphatic hydroxyl groups is 1. The largest absolute Gasteiger partial charge is 0.389 e. The number of rotatable bonds is 7. The van der Waals surface area contributed by atoms with Crippen LogP contribution in [0.2, 0.25) is 0 Å². The van der Waals surface area contributed by atoms with Crippen LogP contribution < -0.4 is 5.32 Å². The zero-order valence-electron chi connectivity index (χ0n) is 9.89. The van der Waals surface area contributed by atoms with Gasteiger partial charge in [-0.15, -0.1) is 0 Å². The van der Waals surface area contributed by atoms with E-state index in [9.17, 15) is 5.11 Å². The minimum atomic E-state index is -0.467. The molecule has 0 aromatic carbocycles. The summed E-state index contributed by atoms with van der Waals surface area (Å²) in [6.45, 7) is 5.45. The Bertz CT molecular complexity index is 280. The van der Waals surface area contributed by atoms with E-state index in [0.29, 0.717) is 19.8 Å². The lowest BCUT2D eigenvalue weighted by atomic mass is 10.2. The van der Waals surface area contributed by atoms with Gasteiger partial charge in [0.05, 0.1) is 18.4 Å². The molecule has 0 spiro atoms. The Balaban J connectivity index is 2.27. The number of ether oxygens (including phenoxy) is 1. The zero-order valence-corrected chi connectivity index (χ0v) is 9.89. The minimum Gasteiger partial charge on any atom is -0.389 e. The van der Waals surface area contributed by atoms with Crippen LogP contribution in [0.1, 0.15) is 25.6 Å². The average Bonchev–Trinajstić information content (AvgIpc) is 2.34. The first-order valence-electron chi connectivity index (χ1n) is 5.64. The van der Waals surface area contributed by atoms with Crippen molar-refractivity contribution in [1.82, 2.24) is 10.3 Å². The van der Waals surface area contributed by atoms with E-state index >= 15 is 0 Å². The Morgan fingerprint density at radius 3 is 2.94 bits per heavy atom. The topological polar surface area (TPSA) is 54.4 Å². The van der Waals surface area contributed by atoms with E-state index in [0.717, 1.165) is 5.69 Å². The zero-order chi connectivity index (χ0) is 11.8. The molecule has 2 atom stereocenters. The van der Waals surface area contributed by atoms with Gasteiger partial charge in [-0.2, -0.15) is 0 Å². The smallest absolute Gasteiger partial charge is 0.0897 e. The van der Waals surface area contributed by atoms with Crippen LogP contribution in [0.3, 0.4) is 0 Å². The second-order valence-corrected chi connectivity index (χ2v) is 3.70. The Morgan fingerprint density at radius 1 is 1.50 bits per heavy atom. The van der Waals surface area contributed by atoms with Crippen molar-refractivity contribution in [1.29, 1.82) is 0 Å². The van der Waals surface area contributed by atoms with Crippen molar-refractivity contribution < 1.29 is 9.84 Å². The number of aliphatic hydroxyl groups excluding tert-OH is 1. The van der Waals surface area contributed by atoms with Crippen LogP contribution in [-0.4, -0.2) is 36.0 Å². The number of aromatic nitrogens is 1. The molecule has 1 rings (SSSR count). The first-order valence-corrected chi connectivity index (χ1v) is 5.64. The highest BCUT2D eigenvalue weighted by Gasteiger charge is 2.08. The lowest BCUT2D eigenvalue weighted by molar-refractivity contribution is 0.0416. The summed E-state index contributed by atoms with van der Waals surface area (Å²) in [5, 5.41) is 12.8. The second kappa shape index (κ2) is 7.33. The maximum atomic E-state index is 9.57. The van der Waals surface area contributed by atoms with Gasteiger partial charge in [0.1, 0.15) is 0 Å². The van der Waals surface area contributed by atoms with Crippen molar-refractivity contribution in [3.05, 3.63) is 30.1 Å². The van der Waals surface area contributed by atoms with Crippen molar-refractivity contribution in [2.24, 2.45) is 0 Å². The molecular weight excluding hydrogens is 204 g/mol. The molecule has 0 aliphatic heterocycles. The maximum absolute atomic E-state index is 9.57. The Labute approximate surface area is 96.7 Å². The normalized spacial score (nSPS) is 14.7. The molecule has 0 radical (unpaired) electrons. The second-order valence-electron chi connectivity index (χ2n) is 3.70. The van der Waals surface area contributed by atoms with Crippen LogP contribution >= 0.6 is 0 Å². The van der Waals surface area contributed by atoms with Gasteiger partial charge in [0, 0.05) is 25.4 Å². The van der Waals surface area contributed by atoms with Crippen LogP contribution in [0, 0.1) is 0 Å². The molecule has 90 valence electrons. The summed E-state index contributed by atoms with van der Waals surface area (Å²) in [5.41, 5.74) is 0.978. The summed E-state index contributed by atoms with van der Waals surface area (Å²) in [6, 6.07) is 5.95. The molecule has 0 bridgehead atoms. The van der Waals surface area contributed by atoms with Gasteiger partial charge in [0.2, 0.25) is 0 Å². The summed E-state index contributed by atoms with van der Waals surface area (Å²) in [7, 11) is 0. The molecule has 0 aliphatic carbocycles. The monoisotopic (exact) mass is 224 g/mol. The van der Waals surface area contributed by atoms with Gasteiger partial charge in [0.15, 0.2) is 0 Å². The van der Waals surface area contributed by atoms with E-state index in [2.05, 4.69) is 10.3 Å². The molecular formula is C12H20N2O2. The summed E-state index contributed by atoms with van der Waals surface area (Å²) in [6.07, 6.45) is 1.30. The Kier molecular flexibility index (Phi) is 6.00. The summed E-state index contributed by atoms with van der Waals surface area (Å²) in [4.78, 5) is 4.24. The number of nitrogens with zero attached hydrogens (tertiary/aromatic N) is 1. The molecule has 0 saturated heterocycles. The van der Waals surface area contributed by atoms with Gasteiger partial charge < -0.3 is 15.2 Å². The van der Waals surface area contributed by atoms with E-state index in [1.807, 2.05) is 32.0 Å². The molecule has 0 saturated carbocycles. The standard InChI is InChI=1S/C12H20N2O2/c1-3-16-9-11(15)8-14-10(2)12-6-4-5-7-13-12/h4-7,10-11,14-15H,3,8-9H2,1-2H3/t10-,11?/m1/s1. The van der Waals surface area contributed by atoms with E-state index in [1.165, 1.54) is 0 Å². The van der Waals surface area contributed by atoms with Crippen molar-refractivity contribution in [2.75, 3.05) is 19.8 Å². The molecule has 4 nitrogen and oxygen atoms in total. The fourth-order valence-corrected chi connectivity index (χ4v) is 1.36. The fourth-order valence-electron chi connectivity index (χ4n) is 1.36. The third-order valence-corrected chi connectivity index (χ3v) is 2.31. The number of pyridine rings is 1. The van der Waals surface area contributed by atoms with Crippen LogP contribution in [-0.2, 0) is 4.74 Å². The Morgan fingerprint density at radius 2 is 2.31 bits per heavy atom. The van der Waals surface area contributed by atoms with Gasteiger partial charge in [0.25, 0.3) is 0 Å². The number of hydrogen-bond donors (Lipinski definition) is 2. The van der Waals surface area contributed by atoms with Gasteiger partial charge >= 0.3 is 0 Å². The summed E-state index contributed by atoms with van der Waals surface area (Å²) < 4.78 is 5.13. The minimum absolute atomic E-state index is 0.137. The lowest BCUT2D eigenvalue weighted by Crippen LogP contribution is -2.32. The highest BCUT2D eigenvalue weighted by Crippen LogP contribution is 2.07. The SMILES string of the molecule is CCOCC(O)CN[C@H](C)c1ccccn1. The quantitative estimate of drug-likeness (QED) is 0.729. The maximum Gasteiger partial charge on any atom is 0.0897 e. The third kappa shape index (κ3) is 4.70. The van der Waals surface area contributed by atoms with E-state index in [-0.39, 0.29) is 6.04 Å². The van der Waals surface area contributed by atoms with Gasteiger partial charge in [-0.05, 0) is 26.0 Å². The molecule has 1 heterocycles. The molecule has 0 aliphatic rings. The van der Waals surface area contributed by atoms with Crippen LogP contribution in [0.15, 0.2) is 24.4 Å². The van der Waals surface area contributed by atoms with Crippen LogP contribution in [0.4, 0.5) is 0 Å².